The van der Waals surface area contributed by atoms with E-state index in [-0.39, 0.29) is 17.4 Å². The summed E-state index contributed by atoms with van der Waals surface area (Å²) in [6, 6.07) is 20.0. The normalized spacial score (nSPS) is 10.7. The van der Waals surface area contributed by atoms with Crippen LogP contribution >= 0.6 is 0 Å². The predicted octanol–water partition coefficient (Wildman–Crippen LogP) is 4.34. The lowest BCUT2D eigenvalue weighted by Gasteiger charge is -2.19. The SMILES string of the molecule is CN(Cc1ccccc1)c1ccc(-c2noc(-c3ccccn3)n2)cc1[N+](=O)[O-]. The maximum Gasteiger partial charge on any atom is 0.293 e. The quantitative estimate of drug-likeness (QED) is 0.358. The maximum atomic E-state index is 11.7. The van der Waals surface area contributed by atoms with Gasteiger partial charge in [0.1, 0.15) is 11.4 Å². The van der Waals surface area contributed by atoms with Crippen LogP contribution in [-0.2, 0) is 6.54 Å². The lowest BCUT2D eigenvalue weighted by molar-refractivity contribution is -0.384. The summed E-state index contributed by atoms with van der Waals surface area (Å²) in [6.07, 6.45) is 1.63. The smallest absolute Gasteiger partial charge is 0.293 e. The van der Waals surface area contributed by atoms with Crippen molar-refractivity contribution in [2.24, 2.45) is 0 Å². The van der Waals surface area contributed by atoms with Gasteiger partial charge in [-0.3, -0.25) is 15.1 Å². The number of rotatable bonds is 6. The van der Waals surface area contributed by atoms with E-state index >= 15 is 0 Å². The Bertz CT molecular complexity index is 1130. The van der Waals surface area contributed by atoms with E-state index in [2.05, 4.69) is 15.1 Å². The number of nitro groups is 1. The van der Waals surface area contributed by atoms with Crippen LogP contribution in [0.15, 0.2) is 77.4 Å². The summed E-state index contributed by atoms with van der Waals surface area (Å²) in [6.45, 7) is 0.549. The van der Waals surface area contributed by atoms with Gasteiger partial charge < -0.3 is 9.42 Å². The van der Waals surface area contributed by atoms with Crippen LogP contribution in [0.3, 0.4) is 0 Å². The Hall–Kier alpha value is -4.07. The molecule has 4 rings (SSSR count). The van der Waals surface area contributed by atoms with E-state index in [1.807, 2.05) is 48.3 Å². The van der Waals surface area contributed by atoms with Crippen molar-refractivity contribution in [3.05, 3.63) is 88.6 Å². The van der Waals surface area contributed by atoms with Crippen LogP contribution in [-0.4, -0.2) is 27.1 Å². The average molecular weight is 387 g/mol. The Kier molecular flexibility index (Phi) is 4.98. The fraction of sp³-hybridized carbons (Fsp3) is 0.0952. The molecule has 4 aromatic rings. The van der Waals surface area contributed by atoms with Crippen LogP contribution in [0.4, 0.5) is 11.4 Å². The number of hydrogen-bond donors (Lipinski definition) is 0. The topological polar surface area (TPSA) is 98.2 Å². The molecule has 8 heteroatoms. The van der Waals surface area contributed by atoms with Crippen LogP contribution in [0.1, 0.15) is 5.56 Å². The first-order chi connectivity index (χ1) is 14.1. The highest BCUT2D eigenvalue weighted by Crippen LogP contribution is 2.33. The van der Waals surface area contributed by atoms with Crippen LogP contribution in [0.25, 0.3) is 23.0 Å². The van der Waals surface area contributed by atoms with Crippen molar-refractivity contribution in [1.29, 1.82) is 0 Å². The number of pyridine rings is 1. The molecule has 0 spiro atoms. The van der Waals surface area contributed by atoms with Gasteiger partial charge in [-0.2, -0.15) is 4.98 Å². The third-order valence-electron chi connectivity index (χ3n) is 4.41. The first-order valence-electron chi connectivity index (χ1n) is 8.91. The third-order valence-corrected chi connectivity index (χ3v) is 4.41. The second-order valence-electron chi connectivity index (χ2n) is 6.44. The Morgan fingerprint density at radius 2 is 1.86 bits per heavy atom. The van der Waals surface area contributed by atoms with Crippen molar-refractivity contribution in [3.8, 4) is 23.0 Å². The van der Waals surface area contributed by atoms with Crippen molar-refractivity contribution < 1.29 is 9.45 Å². The first kappa shape index (κ1) is 18.3. The van der Waals surface area contributed by atoms with Gasteiger partial charge in [0.15, 0.2) is 0 Å². The molecular weight excluding hydrogens is 370 g/mol. The zero-order valence-corrected chi connectivity index (χ0v) is 15.6. The van der Waals surface area contributed by atoms with Crippen LogP contribution in [0.2, 0.25) is 0 Å². The molecule has 2 heterocycles. The summed E-state index contributed by atoms with van der Waals surface area (Å²) in [5, 5.41) is 15.6. The standard InChI is InChI=1S/C21H17N5O3/c1-25(14-15-7-3-2-4-8-15)18-11-10-16(13-19(18)26(27)28)20-23-21(29-24-20)17-9-5-6-12-22-17/h2-13H,14H2,1H3. The second kappa shape index (κ2) is 7.89. The van der Waals surface area contributed by atoms with E-state index in [4.69, 9.17) is 4.52 Å². The molecule has 0 aliphatic heterocycles. The number of hydrogen-bond acceptors (Lipinski definition) is 7. The van der Waals surface area contributed by atoms with Gasteiger partial charge in [0.2, 0.25) is 5.82 Å². The van der Waals surface area contributed by atoms with Crippen LogP contribution in [0.5, 0.6) is 0 Å². The number of benzene rings is 2. The maximum absolute atomic E-state index is 11.7. The average Bonchev–Trinajstić information content (AvgIpc) is 3.25. The van der Waals surface area contributed by atoms with E-state index in [9.17, 15) is 10.1 Å². The Labute approximate surface area is 166 Å². The lowest BCUT2D eigenvalue weighted by Crippen LogP contribution is -2.17. The Morgan fingerprint density at radius 1 is 1.07 bits per heavy atom. The molecule has 0 radical (unpaired) electrons. The van der Waals surface area contributed by atoms with Gasteiger partial charge in [0.05, 0.1) is 4.92 Å². The molecule has 0 aliphatic rings. The fourth-order valence-electron chi connectivity index (χ4n) is 3.01. The monoisotopic (exact) mass is 387 g/mol. The molecule has 0 unspecified atom stereocenters. The molecule has 0 saturated carbocycles. The van der Waals surface area contributed by atoms with E-state index in [1.165, 1.54) is 6.07 Å². The van der Waals surface area contributed by atoms with Gasteiger partial charge in [0.25, 0.3) is 11.6 Å². The van der Waals surface area contributed by atoms with Gasteiger partial charge in [-0.05, 0) is 29.8 Å². The first-order valence-corrected chi connectivity index (χ1v) is 8.91. The number of anilines is 1. The van der Waals surface area contributed by atoms with Crippen molar-refractivity contribution >= 4 is 11.4 Å². The van der Waals surface area contributed by atoms with E-state index in [0.717, 1.165) is 5.56 Å². The highest BCUT2D eigenvalue weighted by Gasteiger charge is 2.21. The summed E-state index contributed by atoms with van der Waals surface area (Å²) in [5.41, 5.74) is 2.59. The zero-order valence-electron chi connectivity index (χ0n) is 15.6. The molecule has 0 bridgehead atoms. The molecule has 0 saturated heterocycles. The Balaban J connectivity index is 1.64. The van der Waals surface area contributed by atoms with Gasteiger partial charge in [-0.15, -0.1) is 0 Å². The number of aromatic nitrogens is 3. The summed E-state index contributed by atoms with van der Waals surface area (Å²) in [4.78, 5) is 21.6. The van der Waals surface area contributed by atoms with Crippen LogP contribution in [0, 0.1) is 10.1 Å². The Morgan fingerprint density at radius 3 is 2.59 bits per heavy atom. The molecule has 0 fully saturated rings. The molecule has 0 atom stereocenters. The van der Waals surface area contributed by atoms with Gasteiger partial charge >= 0.3 is 0 Å². The summed E-state index contributed by atoms with van der Waals surface area (Å²) < 4.78 is 5.26. The van der Waals surface area contributed by atoms with Crippen molar-refractivity contribution in [1.82, 2.24) is 15.1 Å². The van der Waals surface area contributed by atoms with Gasteiger partial charge in [-0.1, -0.05) is 41.6 Å². The predicted molar refractivity (Wildman–Crippen MR) is 108 cm³/mol. The van der Waals surface area contributed by atoms with Crippen molar-refractivity contribution in [3.63, 3.8) is 0 Å². The molecular formula is C21H17N5O3. The van der Waals surface area contributed by atoms with E-state index in [1.54, 1.807) is 30.5 Å². The molecule has 8 nitrogen and oxygen atoms in total. The fourth-order valence-corrected chi connectivity index (χ4v) is 3.01. The molecule has 2 aromatic heterocycles. The number of nitrogens with zero attached hydrogens (tertiary/aromatic N) is 5. The van der Waals surface area contributed by atoms with E-state index < -0.39 is 4.92 Å². The summed E-state index contributed by atoms with van der Waals surface area (Å²) >= 11 is 0. The summed E-state index contributed by atoms with van der Waals surface area (Å²) in [7, 11) is 1.82. The highest BCUT2D eigenvalue weighted by molar-refractivity contribution is 5.71. The lowest BCUT2D eigenvalue weighted by atomic mass is 10.1. The summed E-state index contributed by atoms with van der Waals surface area (Å²) in [5.74, 6) is 0.527. The molecule has 0 amide bonds. The molecule has 144 valence electrons. The minimum Gasteiger partial charge on any atom is -0.365 e. The molecule has 0 N–H and O–H groups in total. The minimum atomic E-state index is -0.403. The largest absolute Gasteiger partial charge is 0.365 e. The van der Waals surface area contributed by atoms with Gasteiger partial charge in [0, 0.05) is 31.4 Å². The molecule has 29 heavy (non-hydrogen) atoms. The highest BCUT2D eigenvalue weighted by atomic mass is 16.6. The van der Waals surface area contributed by atoms with Gasteiger partial charge in [-0.25, -0.2) is 0 Å². The van der Waals surface area contributed by atoms with Crippen molar-refractivity contribution in [2.75, 3.05) is 11.9 Å². The zero-order chi connectivity index (χ0) is 20.2. The second-order valence-corrected chi connectivity index (χ2v) is 6.44. The van der Waals surface area contributed by atoms with Crippen molar-refractivity contribution in [2.45, 2.75) is 6.54 Å². The van der Waals surface area contributed by atoms with E-state index in [0.29, 0.717) is 23.5 Å². The number of nitro benzene ring substituents is 1. The van der Waals surface area contributed by atoms with Crippen LogP contribution < -0.4 is 4.90 Å². The molecule has 2 aromatic carbocycles. The minimum absolute atomic E-state index is 0.0230. The molecule has 0 aliphatic carbocycles. The third kappa shape index (κ3) is 3.96.